The van der Waals surface area contributed by atoms with E-state index in [0.29, 0.717) is 11.9 Å². The Morgan fingerprint density at radius 1 is 1.50 bits per heavy atom. The average molecular weight is 264 g/mol. The van der Waals surface area contributed by atoms with Gasteiger partial charge >= 0.3 is 0 Å². The minimum atomic E-state index is 0.0282. The standard InChI is InChI=1S/C14H20N2OS/c1-2-4-12-14(17)16(11-5-3-6-11)13(15-12)10-7-8-18-9-10/h7-9,11-13,15H,2-6H2,1H3. The SMILES string of the molecule is CCCC1NC(c2ccsc2)N(C2CCC2)C1=O. The molecule has 3 rings (SSSR count). The second-order valence-corrected chi connectivity index (χ2v) is 6.08. The monoisotopic (exact) mass is 264 g/mol. The summed E-state index contributed by atoms with van der Waals surface area (Å²) in [6.07, 6.45) is 5.73. The Labute approximate surface area is 112 Å². The Morgan fingerprint density at radius 2 is 2.33 bits per heavy atom. The highest BCUT2D eigenvalue weighted by molar-refractivity contribution is 7.07. The van der Waals surface area contributed by atoms with Gasteiger partial charge in [0.25, 0.3) is 0 Å². The minimum absolute atomic E-state index is 0.0282. The molecular formula is C14H20N2OS. The molecule has 2 aliphatic rings. The molecule has 1 amide bonds. The summed E-state index contributed by atoms with van der Waals surface area (Å²) >= 11 is 1.70. The summed E-state index contributed by atoms with van der Waals surface area (Å²) in [4.78, 5) is 14.6. The van der Waals surface area contributed by atoms with Crippen LogP contribution in [0.2, 0.25) is 0 Å². The Morgan fingerprint density at radius 3 is 2.89 bits per heavy atom. The van der Waals surface area contributed by atoms with Crippen molar-refractivity contribution in [1.29, 1.82) is 0 Å². The van der Waals surface area contributed by atoms with Crippen molar-refractivity contribution in [2.45, 2.75) is 57.3 Å². The average Bonchev–Trinajstić information content (AvgIpc) is 2.90. The highest BCUT2D eigenvalue weighted by Crippen LogP contribution is 2.36. The second-order valence-electron chi connectivity index (χ2n) is 5.30. The minimum Gasteiger partial charge on any atom is -0.319 e. The van der Waals surface area contributed by atoms with E-state index in [4.69, 9.17) is 0 Å². The van der Waals surface area contributed by atoms with Gasteiger partial charge in [-0.2, -0.15) is 11.3 Å². The van der Waals surface area contributed by atoms with Crippen LogP contribution in [-0.2, 0) is 4.79 Å². The predicted molar refractivity (Wildman–Crippen MR) is 73.4 cm³/mol. The first kappa shape index (κ1) is 12.2. The lowest BCUT2D eigenvalue weighted by molar-refractivity contribution is -0.134. The van der Waals surface area contributed by atoms with Gasteiger partial charge in [-0.3, -0.25) is 10.1 Å². The van der Waals surface area contributed by atoms with Gasteiger partial charge in [0.1, 0.15) is 6.17 Å². The van der Waals surface area contributed by atoms with Gasteiger partial charge in [0.2, 0.25) is 5.91 Å². The predicted octanol–water partition coefficient (Wildman–Crippen LogP) is 2.90. The highest BCUT2D eigenvalue weighted by Gasteiger charge is 2.44. The van der Waals surface area contributed by atoms with Crippen molar-refractivity contribution in [2.75, 3.05) is 0 Å². The smallest absolute Gasteiger partial charge is 0.241 e. The first-order valence-corrected chi connectivity index (χ1v) is 7.86. The number of carbonyl (C=O) groups is 1. The van der Waals surface area contributed by atoms with E-state index in [0.717, 1.165) is 12.8 Å². The van der Waals surface area contributed by atoms with Crippen molar-refractivity contribution in [3.05, 3.63) is 22.4 Å². The van der Waals surface area contributed by atoms with E-state index in [1.54, 1.807) is 11.3 Å². The van der Waals surface area contributed by atoms with E-state index in [-0.39, 0.29) is 12.2 Å². The largest absolute Gasteiger partial charge is 0.319 e. The molecule has 0 radical (unpaired) electrons. The Balaban J connectivity index is 1.83. The summed E-state index contributed by atoms with van der Waals surface area (Å²) in [6.45, 7) is 2.14. The van der Waals surface area contributed by atoms with Crippen LogP contribution < -0.4 is 5.32 Å². The third-order valence-corrected chi connectivity index (χ3v) is 4.80. The number of nitrogens with zero attached hydrogens (tertiary/aromatic N) is 1. The van der Waals surface area contributed by atoms with Crippen LogP contribution in [0.5, 0.6) is 0 Å². The summed E-state index contributed by atoms with van der Waals surface area (Å²) in [6, 6.07) is 2.63. The van der Waals surface area contributed by atoms with Crippen LogP contribution >= 0.6 is 11.3 Å². The second kappa shape index (κ2) is 5.02. The zero-order valence-electron chi connectivity index (χ0n) is 10.8. The highest BCUT2D eigenvalue weighted by atomic mass is 32.1. The molecule has 2 atom stereocenters. The normalized spacial score (nSPS) is 28.7. The molecule has 98 valence electrons. The van der Waals surface area contributed by atoms with Crippen LogP contribution in [0.3, 0.4) is 0 Å². The van der Waals surface area contributed by atoms with Crippen LogP contribution in [0.25, 0.3) is 0 Å². The molecule has 0 spiro atoms. The summed E-state index contributed by atoms with van der Waals surface area (Å²) in [5, 5.41) is 7.77. The van der Waals surface area contributed by atoms with E-state index in [2.05, 4.69) is 34.0 Å². The lowest BCUT2D eigenvalue weighted by Gasteiger charge is -2.38. The lowest BCUT2D eigenvalue weighted by atomic mass is 9.90. The number of hydrogen-bond acceptors (Lipinski definition) is 3. The molecule has 4 heteroatoms. The molecule has 2 heterocycles. The first-order valence-electron chi connectivity index (χ1n) is 6.91. The number of rotatable bonds is 4. The van der Waals surface area contributed by atoms with E-state index in [1.807, 2.05) is 0 Å². The number of nitrogens with one attached hydrogen (secondary N) is 1. The van der Waals surface area contributed by atoms with E-state index in [9.17, 15) is 4.79 Å². The van der Waals surface area contributed by atoms with Crippen LogP contribution in [0.15, 0.2) is 16.8 Å². The fourth-order valence-electron chi connectivity index (χ4n) is 2.89. The molecular weight excluding hydrogens is 244 g/mol. The van der Waals surface area contributed by atoms with Gasteiger partial charge in [-0.25, -0.2) is 0 Å². The van der Waals surface area contributed by atoms with Gasteiger partial charge in [-0.1, -0.05) is 13.3 Å². The van der Waals surface area contributed by atoms with E-state index in [1.165, 1.54) is 24.8 Å². The third kappa shape index (κ3) is 1.97. The van der Waals surface area contributed by atoms with Crippen molar-refractivity contribution < 1.29 is 4.79 Å². The van der Waals surface area contributed by atoms with Gasteiger partial charge in [0, 0.05) is 6.04 Å². The molecule has 0 bridgehead atoms. The van der Waals surface area contributed by atoms with Crippen molar-refractivity contribution in [2.24, 2.45) is 0 Å². The summed E-state index contributed by atoms with van der Waals surface area (Å²) in [7, 11) is 0. The van der Waals surface area contributed by atoms with Gasteiger partial charge in [-0.15, -0.1) is 0 Å². The molecule has 18 heavy (non-hydrogen) atoms. The fourth-order valence-corrected chi connectivity index (χ4v) is 3.57. The summed E-state index contributed by atoms with van der Waals surface area (Å²) < 4.78 is 0. The Kier molecular flexibility index (Phi) is 3.39. The van der Waals surface area contributed by atoms with Crippen LogP contribution in [-0.4, -0.2) is 22.9 Å². The maximum atomic E-state index is 12.5. The number of thiophene rings is 1. The van der Waals surface area contributed by atoms with Crippen molar-refractivity contribution in [3.63, 3.8) is 0 Å². The molecule has 1 aliphatic carbocycles. The van der Waals surface area contributed by atoms with E-state index < -0.39 is 0 Å². The maximum Gasteiger partial charge on any atom is 0.241 e. The topological polar surface area (TPSA) is 32.3 Å². The molecule has 1 aromatic heterocycles. The zero-order chi connectivity index (χ0) is 12.5. The van der Waals surface area contributed by atoms with Crippen molar-refractivity contribution >= 4 is 17.2 Å². The Hall–Kier alpha value is -0.870. The molecule has 2 unspecified atom stereocenters. The Bertz CT molecular complexity index is 413. The molecule has 0 aromatic carbocycles. The van der Waals surface area contributed by atoms with Crippen molar-refractivity contribution in [3.8, 4) is 0 Å². The quantitative estimate of drug-likeness (QED) is 0.907. The van der Waals surface area contributed by atoms with Gasteiger partial charge in [-0.05, 0) is 48.1 Å². The number of hydrogen-bond donors (Lipinski definition) is 1. The van der Waals surface area contributed by atoms with Gasteiger partial charge in [0.15, 0.2) is 0 Å². The molecule has 1 saturated heterocycles. The summed E-state index contributed by atoms with van der Waals surface area (Å²) in [5.41, 5.74) is 1.25. The number of carbonyl (C=O) groups excluding carboxylic acids is 1. The molecule has 3 nitrogen and oxygen atoms in total. The van der Waals surface area contributed by atoms with Gasteiger partial charge < -0.3 is 4.90 Å². The summed E-state index contributed by atoms with van der Waals surface area (Å²) in [5.74, 6) is 0.317. The van der Waals surface area contributed by atoms with Gasteiger partial charge in [0.05, 0.1) is 6.04 Å². The van der Waals surface area contributed by atoms with Crippen LogP contribution in [0.4, 0.5) is 0 Å². The van der Waals surface area contributed by atoms with Crippen molar-refractivity contribution in [1.82, 2.24) is 10.2 Å². The van der Waals surface area contributed by atoms with E-state index >= 15 is 0 Å². The molecule has 1 saturated carbocycles. The first-order chi connectivity index (χ1) is 8.81. The third-order valence-electron chi connectivity index (χ3n) is 4.09. The number of amides is 1. The lowest BCUT2D eigenvalue weighted by Crippen LogP contribution is -2.43. The molecule has 1 aliphatic heterocycles. The fraction of sp³-hybridized carbons (Fsp3) is 0.643. The molecule has 1 aromatic rings. The molecule has 1 N–H and O–H groups in total. The molecule has 2 fully saturated rings. The maximum absolute atomic E-state index is 12.5. The van der Waals surface area contributed by atoms with Crippen LogP contribution in [0, 0.1) is 0 Å². The zero-order valence-corrected chi connectivity index (χ0v) is 11.6. The van der Waals surface area contributed by atoms with Crippen LogP contribution in [0.1, 0.15) is 50.8 Å².